The quantitative estimate of drug-likeness (QED) is 0.736. The lowest BCUT2D eigenvalue weighted by atomic mass is 10.1. The van der Waals surface area contributed by atoms with Gasteiger partial charge in [-0.25, -0.2) is 0 Å². The molecule has 0 saturated carbocycles. The highest BCUT2D eigenvalue weighted by Gasteiger charge is 2.23. The summed E-state index contributed by atoms with van der Waals surface area (Å²) >= 11 is 1.53. The highest BCUT2D eigenvalue weighted by molar-refractivity contribution is 7.10. The van der Waals surface area contributed by atoms with Crippen LogP contribution >= 0.6 is 11.3 Å². The van der Waals surface area contributed by atoms with E-state index in [2.05, 4.69) is 5.32 Å². The lowest BCUT2D eigenvalue weighted by molar-refractivity contribution is 0.0604. The zero-order chi connectivity index (χ0) is 15.3. The van der Waals surface area contributed by atoms with Crippen molar-refractivity contribution in [3.05, 3.63) is 46.2 Å². The van der Waals surface area contributed by atoms with Crippen molar-refractivity contribution < 1.29 is 14.9 Å². The van der Waals surface area contributed by atoms with Gasteiger partial charge in [-0.3, -0.25) is 0 Å². The van der Waals surface area contributed by atoms with Crippen molar-refractivity contribution in [1.29, 1.82) is 0 Å². The van der Waals surface area contributed by atoms with Gasteiger partial charge in [-0.1, -0.05) is 6.07 Å². The van der Waals surface area contributed by atoms with Crippen LogP contribution in [0.2, 0.25) is 0 Å². The zero-order valence-corrected chi connectivity index (χ0v) is 13.1. The van der Waals surface area contributed by atoms with Gasteiger partial charge in [0, 0.05) is 23.5 Å². The van der Waals surface area contributed by atoms with Crippen molar-refractivity contribution in [3.63, 3.8) is 0 Å². The fourth-order valence-corrected chi connectivity index (χ4v) is 2.86. The zero-order valence-electron chi connectivity index (χ0n) is 12.3. The predicted octanol–water partition coefficient (Wildman–Crippen LogP) is 2.85. The summed E-state index contributed by atoms with van der Waals surface area (Å²) in [6.45, 7) is 5.16. The second kappa shape index (κ2) is 6.93. The molecule has 1 unspecified atom stereocenters. The van der Waals surface area contributed by atoms with E-state index in [1.54, 1.807) is 19.1 Å². The number of ether oxygens (including phenoxy) is 1. The second-order valence-electron chi connectivity index (χ2n) is 5.08. The molecule has 2 aromatic rings. The maximum Gasteiger partial charge on any atom is 0.120 e. The van der Waals surface area contributed by atoms with E-state index >= 15 is 0 Å². The van der Waals surface area contributed by atoms with E-state index in [1.165, 1.54) is 11.3 Å². The van der Waals surface area contributed by atoms with Crippen LogP contribution in [-0.4, -0.2) is 23.4 Å². The van der Waals surface area contributed by atoms with Crippen LogP contribution in [-0.2, 0) is 12.1 Å². The van der Waals surface area contributed by atoms with Gasteiger partial charge in [0.1, 0.15) is 17.1 Å². The Kier molecular flexibility index (Phi) is 5.22. The minimum Gasteiger partial charge on any atom is -0.508 e. The van der Waals surface area contributed by atoms with Crippen LogP contribution in [0.3, 0.4) is 0 Å². The Labute approximate surface area is 129 Å². The predicted molar refractivity (Wildman–Crippen MR) is 84.9 cm³/mol. The number of phenols is 1. The number of benzene rings is 1. The van der Waals surface area contributed by atoms with Gasteiger partial charge in [0.15, 0.2) is 0 Å². The van der Waals surface area contributed by atoms with Gasteiger partial charge in [-0.15, -0.1) is 11.3 Å². The summed E-state index contributed by atoms with van der Waals surface area (Å²) in [4.78, 5) is 0.919. The third-order valence-electron chi connectivity index (χ3n) is 3.20. The van der Waals surface area contributed by atoms with E-state index < -0.39 is 5.60 Å². The minimum atomic E-state index is -0.915. The number of hydrogen-bond donors (Lipinski definition) is 3. The lowest BCUT2D eigenvalue weighted by Gasteiger charge is -2.22. The fourth-order valence-electron chi connectivity index (χ4n) is 2.07. The summed E-state index contributed by atoms with van der Waals surface area (Å²) in [5, 5.41) is 25.4. The first-order chi connectivity index (χ1) is 10.0. The average molecular weight is 307 g/mol. The van der Waals surface area contributed by atoms with E-state index in [0.29, 0.717) is 19.7 Å². The summed E-state index contributed by atoms with van der Waals surface area (Å²) in [6, 6.07) is 9.01. The number of phenolic OH excluding ortho intramolecular Hbond substituents is 1. The van der Waals surface area contributed by atoms with Crippen LogP contribution in [0.4, 0.5) is 0 Å². The molecular formula is C16H21NO3S. The molecule has 1 aromatic carbocycles. The molecule has 1 aromatic heterocycles. The largest absolute Gasteiger partial charge is 0.508 e. The van der Waals surface area contributed by atoms with Crippen molar-refractivity contribution in [2.75, 3.05) is 13.2 Å². The molecule has 5 heteroatoms. The summed E-state index contributed by atoms with van der Waals surface area (Å²) in [5.74, 6) is 0.957. The fraction of sp³-hybridized carbons (Fsp3) is 0.375. The van der Waals surface area contributed by atoms with Gasteiger partial charge in [0.05, 0.1) is 6.61 Å². The molecule has 1 atom stereocenters. The number of aliphatic hydroxyl groups is 1. The van der Waals surface area contributed by atoms with E-state index in [4.69, 9.17) is 4.74 Å². The first kappa shape index (κ1) is 15.8. The Morgan fingerprint density at radius 2 is 2.14 bits per heavy atom. The summed E-state index contributed by atoms with van der Waals surface area (Å²) < 4.78 is 5.42. The van der Waals surface area contributed by atoms with E-state index in [-0.39, 0.29) is 5.75 Å². The molecule has 0 amide bonds. The van der Waals surface area contributed by atoms with E-state index in [9.17, 15) is 10.2 Å². The topological polar surface area (TPSA) is 61.7 Å². The lowest BCUT2D eigenvalue weighted by Crippen LogP contribution is -2.34. The second-order valence-corrected chi connectivity index (χ2v) is 6.03. The normalized spacial score (nSPS) is 13.9. The van der Waals surface area contributed by atoms with Crippen molar-refractivity contribution >= 4 is 11.3 Å². The number of thiophene rings is 1. The van der Waals surface area contributed by atoms with Gasteiger partial charge < -0.3 is 20.3 Å². The summed E-state index contributed by atoms with van der Waals surface area (Å²) in [7, 11) is 0. The van der Waals surface area contributed by atoms with Crippen molar-refractivity contribution in [2.45, 2.75) is 26.0 Å². The molecule has 0 aliphatic rings. The van der Waals surface area contributed by atoms with Gasteiger partial charge in [0.25, 0.3) is 0 Å². The molecule has 0 radical (unpaired) electrons. The smallest absolute Gasteiger partial charge is 0.120 e. The van der Waals surface area contributed by atoms with Crippen LogP contribution in [0.15, 0.2) is 35.7 Å². The maximum absolute atomic E-state index is 10.4. The third kappa shape index (κ3) is 4.20. The molecule has 0 saturated heterocycles. The van der Waals surface area contributed by atoms with Crippen LogP contribution in [0.5, 0.6) is 11.5 Å². The average Bonchev–Trinajstić information content (AvgIpc) is 2.97. The third-order valence-corrected chi connectivity index (χ3v) is 4.32. The van der Waals surface area contributed by atoms with Gasteiger partial charge in [0.2, 0.25) is 0 Å². The molecule has 21 heavy (non-hydrogen) atoms. The van der Waals surface area contributed by atoms with Crippen LogP contribution in [0.1, 0.15) is 24.3 Å². The molecule has 0 bridgehead atoms. The monoisotopic (exact) mass is 307 g/mol. The molecule has 4 nitrogen and oxygen atoms in total. The van der Waals surface area contributed by atoms with E-state index in [1.807, 2.05) is 30.5 Å². The summed E-state index contributed by atoms with van der Waals surface area (Å²) in [5.41, 5.74) is -0.163. The number of nitrogens with one attached hydrogen (secondary N) is 1. The van der Waals surface area contributed by atoms with Gasteiger partial charge in [-0.2, -0.15) is 0 Å². The van der Waals surface area contributed by atoms with Crippen molar-refractivity contribution in [3.8, 4) is 11.5 Å². The van der Waals surface area contributed by atoms with Crippen LogP contribution in [0, 0.1) is 0 Å². The summed E-state index contributed by atoms with van der Waals surface area (Å²) in [6.07, 6.45) is 0. The Balaban J connectivity index is 1.95. The molecule has 0 spiro atoms. The van der Waals surface area contributed by atoms with Crippen LogP contribution in [0.25, 0.3) is 0 Å². The Morgan fingerprint density at radius 1 is 1.33 bits per heavy atom. The molecule has 3 N–H and O–H groups in total. The van der Waals surface area contributed by atoms with Gasteiger partial charge in [-0.05, 0) is 43.5 Å². The molecule has 114 valence electrons. The highest BCUT2D eigenvalue weighted by Crippen LogP contribution is 2.26. The Hall–Kier alpha value is -1.56. The van der Waals surface area contributed by atoms with Crippen molar-refractivity contribution in [2.24, 2.45) is 0 Å². The maximum atomic E-state index is 10.4. The SMILES string of the molecule is CCOc1ccc(O)c(CNCC(C)(O)c2cccs2)c1. The Morgan fingerprint density at radius 3 is 2.81 bits per heavy atom. The van der Waals surface area contributed by atoms with Gasteiger partial charge >= 0.3 is 0 Å². The molecule has 2 rings (SSSR count). The van der Waals surface area contributed by atoms with E-state index in [0.717, 1.165) is 16.2 Å². The number of rotatable bonds is 7. The highest BCUT2D eigenvalue weighted by atomic mass is 32.1. The molecule has 0 aliphatic heterocycles. The molecule has 0 fully saturated rings. The Bertz CT molecular complexity index is 567. The molecule has 0 aliphatic carbocycles. The minimum absolute atomic E-state index is 0.224. The molecular weight excluding hydrogens is 286 g/mol. The molecule has 1 heterocycles. The first-order valence-corrected chi connectivity index (χ1v) is 7.82. The van der Waals surface area contributed by atoms with Crippen molar-refractivity contribution in [1.82, 2.24) is 5.32 Å². The first-order valence-electron chi connectivity index (χ1n) is 6.94. The number of hydrogen-bond acceptors (Lipinski definition) is 5. The number of aromatic hydroxyl groups is 1. The standard InChI is InChI=1S/C16H21NO3S/c1-3-20-13-6-7-14(18)12(9-13)10-17-11-16(2,19)15-5-4-8-21-15/h4-9,17-19H,3,10-11H2,1-2H3. The van der Waals surface area contributed by atoms with Crippen LogP contribution < -0.4 is 10.1 Å².